The molecule has 1 amide bonds. The van der Waals surface area contributed by atoms with Crippen molar-refractivity contribution in [1.82, 2.24) is 5.32 Å². The van der Waals surface area contributed by atoms with E-state index in [9.17, 15) is 13.2 Å². The first-order chi connectivity index (χ1) is 11.3. The summed E-state index contributed by atoms with van der Waals surface area (Å²) in [6.45, 7) is 7.09. The molecule has 0 aromatic heterocycles. The number of unbranched alkanes of at least 4 members (excludes halogenated alkanes) is 2. The highest BCUT2D eigenvalue weighted by atomic mass is 32.2. The van der Waals surface area contributed by atoms with Gasteiger partial charge in [-0.3, -0.25) is 9.10 Å². The van der Waals surface area contributed by atoms with E-state index in [2.05, 4.69) is 26.1 Å². The van der Waals surface area contributed by atoms with E-state index in [1.54, 1.807) is 12.1 Å². The van der Waals surface area contributed by atoms with Gasteiger partial charge in [0, 0.05) is 19.5 Å². The summed E-state index contributed by atoms with van der Waals surface area (Å²) in [4.78, 5) is 11.9. The fourth-order valence-electron chi connectivity index (χ4n) is 2.41. The maximum Gasteiger partial charge on any atom is 0.232 e. The van der Waals surface area contributed by atoms with Gasteiger partial charge in [-0.1, -0.05) is 45.7 Å². The van der Waals surface area contributed by atoms with Crippen molar-refractivity contribution in [2.45, 2.75) is 52.4 Å². The Balaban J connectivity index is 2.68. The first kappa shape index (κ1) is 20.5. The molecule has 0 aliphatic rings. The molecule has 5 nitrogen and oxygen atoms in total. The molecule has 0 fully saturated rings. The topological polar surface area (TPSA) is 66.5 Å². The molecule has 0 bridgehead atoms. The summed E-state index contributed by atoms with van der Waals surface area (Å²) in [7, 11) is -3.42. The zero-order valence-electron chi connectivity index (χ0n) is 15.2. The van der Waals surface area contributed by atoms with Crippen molar-refractivity contribution in [3.05, 3.63) is 29.8 Å². The Hall–Kier alpha value is -1.56. The minimum atomic E-state index is -3.42. The van der Waals surface area contributed by atoms with Crippen molar-refractivity contribution >= 4 is 21.6 Å². The lowest BCUT2D eigenvalue weighted by molar-refractivity contribution is -0.120. The summed E-state index contributed by atoms with van der Waals surface area (Å²) in [5.74, 6) is 0.276. The number of nitrogens with zero attached hydrogens (tertiary/aromatic N) is 1. The van der Waals surface area contributed by atoms with Crippen molar-refractivity contribution in [2.24, 2.45) is 0 Å². The van der Waals surface area contributed by atoms with Crippen LogP contribution in [0.3, 0.4) is 0 Å². The molecule has 136 valence electrons. The quantitative estimate of drug-likeness (QED) is 0.656. The predicted molar refractivity (Wildman–Crippen MR) is 99.9 cm³/mol. The summed E-state index contributed by atoms with van der Waals surface area (Å²) < 4.78 is 25.4. The van der Waals surface area contributed by atoms with E-state index in [0.717, 1.165) is 24.8 Å². The number of hydrogen-bond acceptors (Lipinski definition) is 3. The van der Waals surface area contributed by atoms with Gasteiger partial charge in [0.25, 0.3) is 0 Å². The van der Waals surface area contributed by atoms with Gasteiger partial charge in [-0.25, -0.2) is 8.42 Å². The summed E-state index contributed by atoms with van der Waals surface area (Å²) in [5, 5.41) is 2.84. The van der Waals surface area contributed by atoms with Crippen molar-refractivity contribution in [1.29, 1.82) is 0 Å². The first-order valence-electron chi connectivity index (χ1n) is 8.60. The maximum atomic E-state index is 12.1. The lowest BCUT2D eigenvalue weighted by Gasteiger charge is -2.22. The van der Waals surface area contributed by atoms with Gasteiger partial charge in [-0.05, 0) is 30.0 Å². The average Bonchev–Trinajstić information content (AvgIpc) is 2.51. The molecular formula is C18H30N2O3S. The third-order valence-electron chi connectivity index (χ3n) is 3.89. The van der Waals surface area contributed by atoms with Crippen molar-refractivity contribution < 1.29 is 13.2 Å². The lowest BCUT2D eigenvalue weighted by Crippen LogP contribution is -2.34. The molecule has 0 heterocycles. The third kappa shape index (κ3) is 6.91. The van der Waals surface area contributed by atoms with Crippen LogP contribution in [0.25, 0.3) is 0 Å². The number of hydrogen-bond donors (Lipinski definition) is 1. The van der Waals surface area contributed by atoms with Crippen LogP contribution in [0.4, 0.5) is 5.69 Å². The van der Waals surface area contributed by atoms with Crippen LogP contribution in [0.15, 0.2) is 24.3 Å². The Bertz CT molecular complexity index is 610. The Morgan fingerprint density at radius 2 is 1.79 bits per heavy atom. The number of sulfonamides is 1. The highest BCUT2D eigenvalue weighted by molar-refractivity contribution is 7.92. The van der Waals surface area contributed by atoms with Gasteiger partial charge in [-0.15, -0.1) is 0 Å². The van der Waals surface area contributed by atoms with E-state index < -0.39 is 10.0 Å². The molecule has 0 saturated heterocycles. The van der Waals surface area contributed by atoms with Crippen LogP contribution >= 0.6 is 0 Å². The third-order valence-corrected chi connectivity index (χ3v) is 5.09. The second-order valence-electron chi connectivity index (χ2n) is 6.39. The molecule has 6 heteroatoms. The SMILES string of the molecule is CCCCCNC(=O)CCN(c1ccc(C(C)C)cc1)S(C)(=O)=O. The number of carbonyl (C=O) groups excluding carboxylic acids is 1. The fourth-order valence-corrected chi connectivity index (χ4v) is 3.33. The molecule has 0 aliphatic heterocycles. The number of nitrogens with one attached hydrogen (secondary N) is 1. The standard InChI is InChI=1S/C18H30N2O3S/c1-5-6-7-13-19-18(21)12-14-20(24(4,22)23)17-10-8-16(9-11-17)15(2)3/h8-11,15H,5-7,12-14H2,1-4H3,(H,19,21). The van der Waals surface area contributed by atoms with Gasteiger partial charge in [0.15, 0.2) is 0 Å². The summed E-state index contributed by atoms with van der Waals surface area (Å²) in [6.07, 6.45) is 4.46. The van der Waals surface area contributed by atoms with E-state index in [-0.39, 0.29) is 18.9 Å². The molecule has 0 radical (unpaired) electrons. The molecule has 0 unspecified atom stereocenters. The molecule has 1 aromatic carbocycles. The molecule has 1 rings (SSSR count). The van der Waals surface area contributed by atoms with Crippen LogP contribution in [0.2, 0.25) is 0 Å². The molecule has 1 N–H and O–H groups in total. The van der Waals surface area contributed by atoms with Gasteiger partial charge < -0.3 is 5.32 Å². The zero-order valence-corrected chi connectivity index (χ0v) is 16.0. The van der Waals surface area contributed by atoms with E-state index in [1.807, 2.05) is 12.1 Å². The number of amides is 1. The van der Waals surface area contributed by atoms with Gasteiger partial charge in [0.05, 0.1) is 11.9 Å². The highest BCUT2D eigenvalue weighted by Gasteiger charge is 2.18. The zero-order chi connectivity index (χ0) is 18.2. The van der Waals surface area contributed by atoms with Crippen molar-refractivity contribution in [3.63, 3.8) is 0 Å². The Kier molecular flexibility index (Phi) is 8.25. The molecular weight excluding hydrogens is 324 g/mol. The molecule has 1 aromatic rings. The van der Waals surface area contributed by atoms with E-state index in [0.29, 0.717) is 18.2 Å². The van der Waals surface area contributed by atoms with E-state index in [1.165, 1.54) is 10.6 Å². The van der Waals surface area contributed by atoms with Crippen molar-refractivity contribution in [2.75, 3.05) is 23.7 Å². The molecule has 0 saturated carbocycles. The second-order valence-corrected chi connectivity index (χ2v) is 8.30. The monoisotopic (exact) mass is 354 g/mol. The predicted octanol–water partition coefficient (Wildman–Crippen LogP) is 3.27. The normalized spacial score (nSPS) is 11.5. The number of carbonyl (C=O) groups is 1. The smallest absolute Gasteiger partial charge is 0.232 e. The first-order valence-corrected chi connectivity index (χ1v) is 10.4. The largest absolute Gasteiger partial charge is 0.356 e. The Morgan fingerprint density at radius 3 is 2.29 bits per heavy atom. The number of anilines is 1. The average molecular weight is 355 g/mol. The second kappa shape index (κ2) is 9.67. The molecule has 0 spiro atoms. The summed E-state index contributed by atoms with van der Waals surface area (Å²) in [6, 6.07) is 7.47. The summed E-state index contributed by atoms with van der Waals surface area (Å²) >= 11 is 0. The molecule has 0 atom stereocenters. The Morgan fingerprint density at radius 1 is 1.17 bits per heavy atom. The molecule has 24 heavy (non-hydrogen) atoms. The van der Waals surface area contributed by atoms with Gasteiger partial charge in [0.1, 0.15) is 0 Å². The van der Waals surface area contributed by atoms with Crippen LogP contribution in [0.1, 0.15) is 57.9 Å². The molecule has 0 aliphatic carbocycles. The number of benzene rings is 1. The highest BCUT2D eigenvalue weighted by Crippen LogP contribution is 2.22. The van der Waals surface area contributed by atoms with Crippen LogP contribution in [0.5, 0.6) is 0 Å². The van der Waals surface area contributed by atoms with E-state index in [4.69, 9.17) is 0 Å². The summed E-state index contributed by atoms with van der Waals surface area (Å²) in [5.41, 5.74) is 1.75. The van der Waals surface area contributed by atoms with Crippen LogP contribution in [-0.2, 0) is 14.8 Å². The van der Waals surface area contributed by atoms with Gasteiger partial charge >= 0.3 is 0 Å². The minimum absolute atomic E-state index is 0.112. The van der Waals surface area contributed by atoms with Gasteiger partial charge in [-0.2, -0.15) is 0 Å². The Labute approximate surface area is 146 Å². The van der Waals surface area contributed by atoms with Gasteiger partial charge in [0.2, 0.25) is 15.9 Å². The lowest BCUT2D eigenvalue weighted by atomic mass is 10.0. The number of rotatable bonds is 10. The minimum Gasteiger partial charge on any atom is -0.356 e. The van der Waals surface area contributed by atoms with Crippen LogP contribution in [-0.4, -0.2) is 33.7 Å². The van der Waals surface area contributed by atoms with Crippen LogP contribution < -0.4 is 9.62 Å². The van der Waals surface area contributed by atoms with Crippen molar-refractivity contribution in [3.8, 4) is 0 Å². The fraction of sp³-hybridized carbons (Fsp3) is 0.611. The maximum absolute atomic E-state index is 12.1. The van der Waals surface area contributed by atoms with E-state index >= 15 is 0 Å². The van der Waals surface area contributed by atoms with Crippen LogP contribution in [0, 0.1) is 0 Å².